The van der Waals surface area contributed by atoms with Crippen LogP contribution < -0.4 is 27.8 Å². The van der Waals surface area contributed by atoms with Crippen molar-refractivity contribution < 1.29 is 68.6 Å². The number of hydrogen-bond acceptors (Lipinski definition) is 13. The number of carbonyl (C=O) groups is 7. The van der Waals surface area contributed by atoms with Crippen molar-refractivity contribution in [1.82, 2.24) is 15.5 Å². The number of nitrogens with one attached hydrogen (secondary N) is 2. The maximum atomic E-state index is 13.6. The van der Waals surface area contributed by atoms with Gasteiger partial charge in [0.25, 0.3) is 0 Å². The minimum atomic E-state index is -1.88. The fraction of sp³-hybridized carbons (Fsp3) is 0.731. The van der Waals surface area contributed by atoms with E-state index in [9.17, 15) is 59.1 Å². The normalized spacial score (nSPS) is 24.4. The lowest BCUT2D eigenvalue weighted by Crippen LogP contribution is -2.65. The van der Waals surface area contributed by atoms with E-state index in [0.717, 1.165) is 13.8 Å². The van der Waals surface area contributed by atoms with Crippen molar-refractivity contribution in [1.29, 1.82) is 0 Å². The average molecular weight is 665 g/mol. The number of carboxylic acid groups (broad SMARTS) is 2. The molecule has 0 bridgehead atoms. The largest absolute Gasteiger partial charge is 0.480 e. The third-order valence-electron chi connectivity index (χ3n) is 7.22. The smallest absolute Gasteiger partial charge is 0.326 e. The first kappa shape index (κ1) is 40.1. The number of amides is 5. The summed E-state index contributed by atoms with van der Waals surface area (Å²) in [5, 5.41) is 54.9. The van der Waals surface area contributed by atoms with E-state index in [1.807, 2.05) is 0 Å². The number of nitrogens with zero attached hydrogens (tertiary/aromatic N) is 1. The van der Waals surface area contributed by atoms with Gasteiger partial charge in [-0.1, -0.05) is 0 Å². The fourth-order valence-corrected chi connectivity index (χ4v) is 4.79. The van der Waals surface area contributed by atoms with E-state index in [1.54, 1.807) is 0 Å². The molecule has 262 valence electrons. The van der Waals surface area contributed by atoms with Crippen molar-refractivity contribution in [2.45, 2.75) is 114 Å². The standard InChI is InChI=1S/C26H44N6O14/c1-10(30-22(38)11(2)45-20-18(31-12(3)34)26(44)46-16(9-33)19(20)36)23(39)32(15(25(42)43)7-8-17(28)35)14(24(40)41)6-4-5-13(27)21(29)37/h10-11,13-16,18-20,26,33,36,44H,4-9,27H2,1-3H3,(H2,28,35)(H2,29,37)(H,30,38)(H,31,34)(H,40,41)(H,42,43)/t10-,11?,13?,14?,15+,16+,18+,19+,20+,26-/m0/s1. The van der Waals surface area contributed by atoms with Gasteiger partial charge in [-0.05, 0) is 39.5 Å². The molecule has 13 N–H and O–H groups in total. The van der Waals surface area contributed by atoms with Crippen molar-refractivity contribution >= 4 is 41.5 Å². The number of nitrogens with two attached hydrogens (primary N) is 3. The van der Waals surface area contributed by atoms with Gasteiger partial charge < -0.3 is 67.7 Å². The lowest BCUT2D eigenvalue weighted by atomic mass is 9.96. The van der Waals surface area contributed by atoms with E-state index in [1.165, 1.54) is 6.92 Å². The van der Waals surface area contributed by atoms with E-state index in [4.69, 9.17) is 26.7 Å². The topological polar surface area (TPSA) is 344 Å². The molecule has 10 atom stereocenters. The van der Waals surface area contributed by atoms with E-state index < -0.39 is 122 Å². The third-order valence-corrected chi connectivity index (χ3v) is 7.22. The second kappa shape index (κ2) is 18.3. The molecule has 0 saturated carbocycles. The summed E-state index contributed by atoms with van der Waals surface area (Å²) in [5.74, 6) is -7.93. The predicted octanol–water partition coefficient (Wildman–Crippen LogP) is -5.18. The Hall–Kier alpha value is -3.95. The Labute approximate surface area is 263 Å². The summed E-state index contributed by atoms with van der Waals surface area (Å²) in [4.78, 5) is 86.1. The van der Waals surface area contributed by atoms with Crippen molar-refractivity contribution in [3.63, 3.8) is 0 Å². The zero-order chi connectivity index (χ0) is 35.5. The molecule has 1 rings (SSSR count). The molecule has 1 saturated heterocycles. The van der Waals surface area contributed by atoms with Gasteiger partial charge >= 0.3 is 11.9 Å². The molecule has 3 unspecified atom stereocenters. The molecule has 5 amide bonds. The Bertz CT molecular complexity index is 1120. The summed E-state index contributed by atoms with van der Waals surface area (Å²) in [7, 11) is 0. The average Bonchev–Trinajstić information content (AvgIpc) is 2.95. The molecule has 20 heteroatoms. The second-order valence-corrected chi connectivity index (χ2v) is 10.8. The van der Waals surface area contributed by atoms with Gasteiger partial charge in [0, 0.05) is 13.3 Å². The lowest BCUT2D eigenvalue weighted by Gasteiger charge is -2.43. The van der Waals surface area contributed by atoms with Crippen molar-refractivity contribution in [2.75, 3.05) is 6.61 Å². The van der Waals surface area contributed by atoms with Crippen LogP contribution >= 0.6 is 0 Å². The van der Waals surface area contributed by atoms with E-state index in [-0.39, 0.29) is 19.3 Å². The summed E-state index contributed by atoms with van der Waals surface area (Å²) < 4.78 is 10.7. The summed E-state index contributed by atoms with van der Waals surface area (Å²) in [6.45, 7) is 2.66. The summed E-state index contributed by atoms with van der Waals surface area (Å²) in [6, 6.07) is -7.82. The Balaban J connectivity index is 3.28. The Morgan fingerprint density at radius 2 is 1.52 bits per heavy atom. The van der Waals surface area contributed by atoms with Gasteiger partial charge in [0.1, 0.15) is 48.6 Å². The Kier molecular flexibility index (Phi) is 15.9. The molecule has 46 heavy (non-hydrogen) atoms. The molecule has 0 spiro atoms. The predicted molar refractivity (Wildman–Crippen MR) is 153 cm³/mol. The van der Waals surface area contributed by atoms with Crippen molar-refractivity contribution in [3.8, 4) is 0 Å². The molecule has 0 aromatic heterocycles. The number of aliphatic hydroxyl groups is 3. The van der Waals surface area contributed by atoms with Gasteiger partial charge in [-0.15, -0.1) is 0 Å². The minimum absolute atomic E-state index is 0.0811. The molecule has 0 aliphatic carbocycles. The first-order valence-electron chi connectivity index (χ1n) is 14.3. The highest BCUT2D eigenvalue weighted by atomic mass is 16.6. The molecule has 20 nitrogen and oxygen atoms in total. The molecular formula is C26H44N6O14. The number of carboxylic acids is 2. The number of carbonyl (C=O) groups excluding carboxylic acids is 5. The summed E-state index contributed by atoms with van der Waals surface area (Å²) >= 11 is 0. The van der Waals surface area contributed by atoms with E-state index >= 15 is 0 Å². The van der Waals surface area contributed by atoms with Crippen molar-refractivity contribution in [3.05, 3.63) is 0 Å². The monoisotopic (exact) mass is 664 g/mol. The van der Waals surface area contributed by atoms with Crippen LogP contribution in [0.25, 0.3) is 0 Å². The zero-order valence-corrected chi connectivity index (χ0v) is 25.6. The first-order chi connectivity index (χ1) is 21.3. The van der Waals surface area contributed by atoms with Gasteiger partial charge in [-0.2, -0.15) is 0 Å². The van der Waals surface area contributed by atoms with Gasteiger partial charge in [0.2, 0.25) is 29.5 Å². The van der Waals surface area contributed by atoms with Crippen LogP contribution in [0.5, 0.6) is 0 Å². The maximum Gasteiger partial charge on any atom is 0.326 e. The van der Waals surface area contributed by atoms with Crippen LogP contribution in [-0.4, -0.2) is 139 Å². The number of aliphatic hydroxyl groups excluding tert-OH is 3. The molecule has 1 fully saturated rings. The molecular weight excluding hydrogens is 620 g/mol. The molecule has 0 aromatic carbocycles. The van der Waals surface area contributed by atoms with Gasteiger partial charge in [0.05, 0.1) is 12.6 Å². The summed E-state index contributed by atoms with van der Waals surface area (Å²) in [5.41, 5.74) is 15.9. The quantitative estimate of drug-likeness (QED) is 0.0617. The molecule has 0 aromatic rings. The second-order valence-electron chi connectivity index (χ2n) is 10.8. The van der Waals surface area contributed by atoms with Crippen LogP contribution in [0.3, 0.4) is 0 Å². The highest BCUT2D eigenvalue weighted by Crippen LogP contribution is 2.24. The van der Waals surface area contributed by atoms with Gasteiger partial charge in [-0.25, -0.2) is 9.59 Å². The van der Waals surface area contributed by atoms with Crippen LogP contribution in [0.15, 0.2) is 0 Å². The number of hydrogen-bond donors (Lipinski definition) is 10. The lowest BCUT2D eigenvalue weighted by molar-refractivity contribution is -0.266. The molecule has 1 heterocycles. The number of aliphatic carboxylic acids is 2. The number of ether oxygens (including phenoxy) is 2. The van der Waals surface area contributed by atoms with Crippen LogP contribution in [0.2, 0.25) is 0 Å². The van der Waals surface area contributed by atoms with Crippen molar-refractivity contribution in [2.24, 2.45) is 17.2 Å². The van der Waals surface area contributed by atoms with E-state index in [0.29, 0.717) is 4.90 Å². The minimum Gasteiger partial charge on any atom is -0.480 e. The zero-order valence-electron chi connectivity index (χ0n) is 25.6. The Morgan fingerprint density at radius 1 is 0.957 bits per heavy atom. The fourth-order valence-electron chi connectivity index (χ4n) is 4.79. The molecule has 0 radical (unpaired) electrons. The van der Waals surface area contributed by atoms with Crippen LogP contribution in [-0.2, 0) is 43.0 Å². The van der Waals surface area contributed by atoms with Crippen LogP contribution in [0.4, 0.5) is 0 Å². The summed E-state index contributed by atoms with van der Waals surface area (Å²) in [6.07, 6.45) is -9.42. The van der Waals surface area contributed by atoms with Gasteiger partial charge in [-0.3, -0.25) is 24.0 Å². The number of primary amides is 2. The maximum absolute atomic E-state index is 13.6. The van der Waals surface area contributed by atoms with Gasteiger partial charge in [0.15, 0.2) is 6.29 Å². The Morgan fingerprint density at radius 3 is 2.00 bits per heavy atom. The SMILES string of the molecule is CC(=O)N[C@@H]1[C@@H](OC(C)C(=O)N[C@@H](C)C(=O)N(C(CCCC(N)C(N)=O)C(=O)O)[C@H](CCC(N)=O)C(=O)O)[C@H](O)[C@@H](CO)O[C@@H]1O. The molecule has 1 aliphatic heterocycles. The number of rotatable bonds is 19. The molecule has 1 aliphatic rings. The van der Waals surface area contributed by atoms with E-state index in [2.05, 4.69) is 10.6 Å². The first-order valence-corrected chi connectivity index (χ1v) is 14.3. The highest BCUT2D eigenvalue weighted by Gasteiger charge is 2.47. The van der Waals surface area contributed by atoms with Crippen LogP contribution in [0.1, 0.15) is 52.9 Å². The third kappa shape index (κ3) is 11.4. The van der Waals surface area contributed by atoms with Crippen LogP contribution in [0, 0.1) is 0 Å². The highest BCUT2D eigenvalue weighted by molar-refractivity contribution is 5.94.